The summed E-state index contributed by atoms with van der Waals surface area (Å²) in [6, 6.07) is 13.6. The molecule has 4 aromatic rings. The molecule has 30 heavy (non-hydrogen) atoms. The average Bonchev–Trinajstić information content (AvgIpc) is 3.08. The monoisotopic (exact) mass is 399 g/mol. The van der Waals surface area contributed by atoms with Gasteiger partial charge in [0.1, 0.15) is 0 Å². The predicted molar refractivity (Wildman–Crippen MR) is 118 cm³/mol. The normalized spacial score (nSPS) is 12.4. The van der Waals surface area contributed by atoms with Crippen LogP contribution in [0.2, 0.25) is 0 Å². The lowest BCUT2D eigenvalue weighted by Gasteiger charge is -2.21. The van der Waals surface area contributed by atoms with Crippen LogP contribution in [0.4, 0.5) is 0 Å². The Bertz CT molecular complexity index is 1150. The Kier molecular flexibility index (Phi) is 5.57. The van der Waals surface area contributed by atoms with Crippen LogP contribution < -0.4 is 5.73 Å². The van der Waals surface area contributed by atoms with Crippen molar-refractivity contribution in [2.24, 2.45) is 11.7 Å². The summed E-state index contributed by atoms with van der Waals surface area (Å²) in [5.74, 6) is 0.762. The number of nitrogens with zero attached hydrogens (tertiary/aromatic N) is 4. The third-order valence-electron chi connectivity index (χ3n) is 5.32. The number of primary amides is 1. The van der Waals surface area contributed by atoms with Crippen LogP contribution in [0.15, 0.2) is 67.3 Å². The van der Waals surface area contributed by atoms with Gasteiger partial charge in [0, 0.05) is 35.9 Å². The first kappa shape index (κ1) is 19.8. The summed E-state index contributed by atoms with van der Waals surface area (Å²) in [5.41, 5.74) is 9.28. The molecule has 0 fully saturated rings. The van der Waals surface area contributed by atoms with Crippen molar-refractivity contribution in [3.63, 3.8) is 0 Å². The van der Waals surface area contributed by atoms with Crippen LogP contribution in [-0.2, 0) is 6.42 Å². The van der Waals surface area contributed by atoms with E-state index in [-0.39, 0.29) is 5.92 Å². The second-order valence-corrected chi connectivity index (χ2v) is 7.90. The number of fused-ring (bicyclic) bond motifs is 1. The summed E-state index contributed by atoms with van der Waals surface area (Å²) in [6.45, 7) is 4.41. The Morgan fingerprint density at radius 1 is 1.03 bits per heavy atom. The van der Waals surface area contributed by atoms with E-state index in [4.69, 9.17) is 5.73 Å². The topological polar surface area (TPSA) is 86.7 Å². The smallest absolute Gasteiger partial charge is 0.251 e. The number of nitrogens with two attached hydrogens (primary N) is 1. The van der Waals surface area contributed by atoms with E-state index in [2.05, 4.69) is 34.9 Å². The van der Waals surface area contributed by atoms with Gasteiger partial charge in [-0.3, -0.25) is 14.3 Å². The Labute approximate surface area is 175 Å². The van der Waals surface area contributed by atoms with Gasteiger partial charge in [0.2, 0.25) is 5.95 Å². The van der Waals surface area contributed by atoms with Crippen molar-refractivity contribution in [2.45, 2.75) is 32.6 Å². The number of carbonyl (C=O) groups excluding carboxylic acids is 1. The summed E-state index contributed by atoms with van der Waals surface area (Å²) in [4.78, 5) is 25.8. The van der Waals surface area contributed by atoms with Crippen LogP contribution in [0.3, 0.4) is 0 Å². The number of para-hydroxylation sites is 1. The summed E-state index contributed by atoms with van der Waals surface area (Å²) >= 11 is 0. The molecular weight excluding hydrogens is 374 g/mol. The molecule has 0 aliphatic heterocycles. The van der Waals surface area contributed by atoms with Gasteiger partial charge >= 0.3 is 0 Å². The Balaban J connectivity index is 1.94. The molecule has 6 heteroatoms. The van der Waals surface area contributed by atoms with E-state index < -0.39 is 5.91 Å². The molecule has 0 saturated carbocycles. The lowest BCUT2D eigenvalue weighted by molar-refractivity contribution is 0.100. The lowest BCUT2D eigenvalue weighted by atomic mass is 9.86. The standard InChI is InChI=1S/C24H25N5O/c1-16(2)13-18(17-7-5-10-26-15-17)14-21-22(23(25)30)19-8-3-4-9-20(19)29(21)24-27-11-6-12-28-24/h3-12,15-16,18H,13-14H2,1-2H3,(H2,25,30). The highest BCUT2D eigenvalue weighted by molar-refractivity contribution is 6.08. The molecule has 152 valence electrons. The fraction of sp³-hybridized carbons (Fsp3) is 0.250. The molecule has 2 N–H and O–H groups in total. The zero-order valence-corrected chi connectivity index (χ0v) is 17.2. The van der Waals surface area contributed by atoms with Gasteiger partial charge in [-0.1, -0.05) is 38.1 Å². The molecule has 1 unspecified atom stereocenters. The van der Waals surface area contributed by atoms with Crippen molar-refractivity contribution in [3.8, 4) is 5.95 Å². The van der Waals surface area contributed by atoms with Crippen molar-refractivity contribution < 1.29 is 4.79 Å². The van der Waals surface area contributed by atoms with Gasteiger partial charge in [0.05, 0.1) is 11.1 Å². The number of benzene rings is 1. The number of amides is 1. The summed E-state index contributed by atoms with van der Waals surface area (Å²) in [7, 11) is 0. The third-order valence-corrected chi connectivity index (χ3v) is 5.32. The molecule has 0 aliphatic carbocycles. The number of hydrogen-bond donors (Lipinski definition) is 1. The maximum atomic E-state index is 12.6. The Hall–Kier alpha value is -3.54. The molecule has 0 bridgehead atoms. The van der Waals surface area contributed by atoms with Gasteiger partial charge in [-0.25, -0.2) is 9.97 Å². The molecule has 0 spiro atoms. The molecular formula is C24H25N5O. The van der Waals surface area contributed by atoms with E-state index in [0.29, 0.717) is 23.9 Å². The van der Waals surface area contributed by atoms with Gasteiger partial charge in [-0.15, -0.1) is 0 Å². The van der Waals surface area contributed by atoms with Gasteiger partial charge in [-0.2, -0.15) is 0 Å². The first-order valence-corrected chi connectivity index (χ1v) is 10.2. The highest BCUT2D eigenvalue weighted by Crippen LogP contribution is 2.34. The molecule has 0 saturated heterocycles. The molecule has 3 aromatic heterocycles. The zero-order valence-electron chi connectivity index (χ0n) is 17.2. The Morgan fingerprint density at radius 2 is 1.80 bits per heavy atom. The molecule has 0 aliphatic rings. The molecule has 3 heterocycles. The quantitative estimate of drug-likeness (QED) is 0.502. The van der Waals surface area contributed by atoms with Gasteiger partial charge in [0.15, 0.2) is 0 Å². The summed E-state index contributed by atoms with van der Waals surface area (Å²) in [5, 5.41) is 0.821. The van der Waals surface area contributed by atoms with Crippen LogP contribution in [0.25, 0.3) is 16.9 Å². The van der Waals surface area contributed by atoms with Crippen molar-refractivity contribution >= 4 is 16.8 Å². The highest BCUT2D eigenvalue weighted by Gasteiger charge is 2.26. The molecule has 1 aromatic carbocycles. The van der Waals surface area contributed by atoms with E-state index in [1.807, 2.05) is 41.1 Å². The largest absolute Gasteiger partial charge is 0.366 e. The van der Waals surface area contributed by atoms with Crippen LogP contribution in [0, 0.1) is 5.92 Å². The number of rotatable bonds is 7. The SMILES string of the molecule is CC(C)CC(Cc1c(C(N)=O)c2ccccc2n1-c1ncccn1)c1cccnc1. The van der Waals surface area contributed by atoms with Crippen LogP contribution in [-0.4, -0.2) is 25.4 Å². The molecule has 6 nitrogen and oxygen atoms in total. The van der Waals surface area contributed by atoms with Crippen LogP contribution >= 0.6 is 0 Å². The maximum Gasteiger partial charge on any atom is 0.251 e. The molecule has 0 radical (unpaired) electrons. The number of carbonyl (C=O) groups is 1. The van der Waals surface area contributed by atoms with Gasteiger partial charge in [0.25, 0.3) is 5.91 Å². The zero-order chi connectivity index (χ0) is 21.1. The Morgan fingerprint density at radius 3 is 2.47 bits per heavy atom. The minimum atomic E-state index is -0.439. The van der Waals surface area contributed by atoms with Crippen molar-refractivity contribution in [1.29, 1.82) is 0 Å². The van der Waals surface area contributed by atoms with Crippen LogP contribution in [0.5, 0.6) is 0 Å². The minimum absolute atomic E-state index is 0.184. The van der Waals surface area contributed by atoms with Crippen molar-refractivity contribution in [2.75, 3.05) is 0 Å². The maximum absolute atomic E-state index is 12.6. The van der Waals surface area contributed by atoms with E-state index in [1.54, 1.807) is 24.7 Å². The molecule has 1 atom stereocenters. The van der Waals surface area contributed by atoms with Crippen LogP contribution in [0.1, 0.15) is 47.8 Å². The molecule has 1 amide bonds. The first-order chi connectivity index (χ1) is 14.6. The molecule has 4 rings (SSSR count). The van der Waals surface area contributed by atoms with Gasteiger partial charge < -0.3 is 5.73 Å². The second kappa shape index (κ2) is 8.45. The fourth-order valence-corrected chi connectivity index (χ4v) is 4.15. The minimum Gasteiger partial charge on any atom is -0.366 e. The summed E-state index contributed by atoms with van der Waals surface area (Å²) in [6.07, 6.45) is 8.69. The number of pyridine rings is 1. The lowest BCUT2D eigenvalue weighted by Crippen LogP contribution is -2.18. The summed E-state index contributed by atoms with van der Waals surface area (Å²) < 4.78 is 1.97. The van der Waals surface area contributed by atoms with E-state index in [1.165, 1.54) is 0 Å². The van der Waals surface area contributed by atoms with E-state index in [0.717, 1.165) is 28.6 Å². The number of hydrogen-bond acceptors (Lipinski definition) is 4. The third kappa shape index (κ3) is 3.81. The fourth-order valence-electron chi connectivity index (χ4n) is 4.15. The second-order valence-electron chi connectivity index (χ2n) is 7.90. The van der Waals surface area contributed by atoms with Crippen molar-refractivity contribution in [1.82, 2.24) is 19.5 Å². The van der Waals surface area contributed by atoms with E-state index in [9.17, 15) is 4.79 Å². The van der Waals surface area contributed by atoms with E-state index >= 15 is 0 Å². The predicted octanol–water partition coefficient (Wildman–Crippen LogP) is 4.29. The average molecular weight is 399 g/mol. The number of aromatic nitrogens is 4. The van der Waals surface area contributed by atoms with Gasteiger partial charge in [-0.05, 0) is 48.4 Å². The highest BCUT2D eigenvalue weighted by atomic mass is 16.1. The van der Waals surface area contributed by atoms with Crippen molar-refractivity contribution in [3.05, 3.63) is 84.1 Å². The first-order valence-electron chi connectivity index (χ1n) is 10.2.